The van der Waals surface area contributed by atoms with Crippen LogP contribution >= 0.6 is 0 Å². The first-order valence-corrected chi connectivity index (χ1v) is 29.0. The zero-order valence-electron chi connectivity index (χ0n) is 44.7. The molecule has 1 saturated heterocycles. The first kappa shape index (κ1) is 66.1. The molecule has 70 heavy (non-hydrogen) atoms. The Hall–Kier alpha value is -1.93. The van der Waals surface area contributed by atoms with Gasteiger partial charge in [-0.1, -0.05) is 210 Å². The second-order valence-electron chi connectivity index (χ2n) is 20.3. The predicted molar refractivity (Wildman–Crippen MR) is 288 cm³/mol. The molecule has 1 rings (SSSR count). The number of ether oxygens (including phenoxy) is 2. The van der Waals surface area contributed by atoms with Crippen LogP contribution in [-0.2, 0) is 14.3 Å². The van der Waals surface area contributed by atoms with E-state index >= 15 is 0 Å². The number of hydrogen-bond donors (Lipinski definition) is 8. The number of carbonyl (C=O) groups is 1. The second kappa shape index (κ2) is 48.0. The third-order valence-electron chi connectivity index (χ3n) is 13.8. The van der Waals surface area contributed by atoms with Gasteiger partial charge in [-0.05, 0) is 89.9 Å². The molecule has 1 aliphatic rings. The third-order valence-corrected chi connectivity index (χ3v) is 13.8. The van der Waals surface area contributed by atoms with Crippen molar-refractivity contribution in [2.24, 2.45) is 0 Å². The number of nitrogens with one attached hydrogen (secondary N) is 1. The normalized spacial score (nSPS) is 20.6. The number of carbonyl (C=O) groups excluding carboxylic acids is 1. The van der Waals surface area contributed by atoms with Crippen molar-refractivity contribution < 1.29 is 50.0 Å². The van der Waals surface area contributed by atoms with Gasteiger partial charge >= 0.3 is 0 Å². The lowest BCUT2D eigenvalue weighted by atomic mass is 9.98. The highest BCUT2D eigenvalue weighted by Gasteiger charge is 2.44. The molecule has 1 fully saturated rings. The van der Waals surface area contributed by atoms with Crippen molar-refractivity contribution in [2.75, 3.05) is 13.2 Å². The van der Waals surface area contributed by atoms with E-state index in [2.05, 4.69) is 67.8 Å². The fourth-order valence-electron chi connectivity index (χ4n) is 9.06. The summed E-state index contributed by atoms with van der Waals surface area (Å²) in [6.45, 7) is 3.44. The maximum atomic E-state index is 13.2. The number of amides is 1. The standard InChI is InChI=1S/C59H109NO10/c1-3-5-7-9-11-13-15-17-19-21-22-23-24-25-26-27-28-29-31-32-34-36-38-40-42-44-46-51(62)54(64)50(49-69-59-57(67)56(66)55(65)53(48-61)70-59)60-58(68)52(63)47-45-43-41-39-37-35-33-30-20-18-16-14-12-10-8-6-4-2/h26-27,31-33,35,38,40,50-57,59,61-67H,3-25,28-30,34,36-37,39,41-49H2,1-2H3,(H,60,68)/b27-26+,32-31+,35-33-,40-38+. The van der Waals surface area contributed by atoms with Crippen LogP contribution < -0.4 is 5.32 Å². The molecular formula is C59H109NO10. The van der Waals surface area contributed by atoms with Crippen LogP contribution in [0.3, 0.4) is 0 Å². The smallest absolute Gasteiger partial charge is 0.249 e. The molecular weight excluding hydrogens is 883 g/mol. The van der Waals surface area contributed by atoms with Crippen LogP contribution in [0.1, 0.15) is 251 Å². The number of rotatable bonds is 49. The highest BCUT2D eigenvalue weighted by molar-refractivity contribution is 5.80. The summed E-state index contributed by atoms with van der Waals surface area (Å²) >= 11 is 0. The fraction of sp³-hybridized carbons (Fsp3) is 0.847. The van der Waals surface area contributed by atoms with Gasteiger partial charge in [0.05, 0.1) is 25.4 Å². The number of hydrogen-bond acceptors (Lipinski definition) is 10. The Morgan fingerprint density at radius 2 is 0.857 bits per heavy atom. The van der Waals surface area contributed by atoms with E-state index in [1.54, 1.807) is 0 Å². The Labute approximate surface area is 428 Å². The van der Waals surface area contributed by atoms with E-state index < -0.39 is 74.2 Å². The average Bonchev–Trinajstić information content (AvgIpc) is 3.36. The Balaban J connectivity index is 2.36. The average molecular weight is 993 g/mol. The molecule has 0 radical (unpaired) electrons. The van der Waals surface area contributed by atoms with Crippen molar-refractivity contribution in [1.82, 2.24) is 5.32 Å². The van der Waals surface area contributed by atoms with E-state index in [9.17, 15) is 40.5 Å². The third kappa shape index (κ3) is 36.1. The highest BCUT2D eigenvalue weighted by Crippen LogP contribution is 2.23. The van der Waals surface area contributed by atoms with Crippen LogP contribution in [-0.4, -0.2) is 110 Å². The Bertz CT molecular complexity index is 1280. The van der Waals surface area contributed by atoms with Gasteiger partial charge in [-0.2, -0.15) is 0 Å². The first-order chi connectivity index (χ1) is 34.2. The van der Waals surface area contributed by atoms with Gasteiger partial charge in [-0.25, -0.2) is 0 Å². The van der Waals surface area contributed by atoms with Crippen molar-refractivity contribution in [3.8, 4) is 0 Å². The van der Waals surface area contributed by atoms with Gasteiger partial charge in [0.1, 0.15) is 36.6 Å². The molecule has 1 aliphatic heterocycles. The summed E-state index contributed by atoms with van der Waals surface area (Å²) in [5, 5.41) is 76.0. The minimum atomic E-state index is -1.68. The summed E-state index contributed by atoms with van der Waals surface area (Å²) in [5.41, 5.74) is 0. The molecule has 11 nitrogen and oxygen atoms in total. The first-order valence-electron chi connectivity index (χ1n) is 29.0. The minimum Gasteiger partial charge on any atom is -0.394 e. The van der Waals surface area contributed by atoms with Crippen molar-refractivity contribution in [3.63, 3.8) is 0 Å². The van der Waals surface area contributed by atoms with Crippen LogP contribution in [0.25, 0.3) is 0 Å². The zero-order chi connectivity index (χ0) is 51.1. The summed E-state index contributed by atoms with van der Waals surface area (Å²) < 4.78 is 11.1. The van der Waals surface area contributed by atoms with Gasteiger partial charge in [-0.3, -0.25) is 4.79 Å². The number of allylic oxidation sites excluding steroid dienone is 8. The molecule has 0 aliphatic carbocycles. The lowest BCUT2D eigenvalue weighted by Gasteiger charge is -2.40. The molecule has 410 valence electrons. The predicted octanol–water partition coefficient (Wildman–Crippen LogP) is 12.1. The molecule has 0 aromatic carbocycles. The molecule has 0 saturated carbocycles. The van der Waals surface area contributed by atoms with Crippen LogP contribution in [0.4, 0.5) is 0 Å². The molecule has 9 unspecified atom stereocenters. The second-order valence-corrected chi connectivity index (χ2v) is 20.3. The van der Waals surface area contributed by atoms with Gasteiger partial charge < -0.3 is 50.5 Å². The Morgan fingerprint density at radius 3 is 1.27 bits per heavy atom. The summed E-state index contributed by atoms with van der Waals surface area (Å²) in [6, 6.07) is -1.20. The highest BCUT2D eigenvalue weighted by atomic mass is 16.7. The van der Waals surface area contributed by atoms with Crippen molar-refractivity contribution in [1.29, 1.82) is 0 Å². The molecule has 11 heteroatoms. The van der Waals surface area contributed by atoms with Gasteiger partial charge in [-0.15, -0.1) is 0 Å². The Morgan fingerprint density at radius 1 is 0.486 bits per heavy atom. The van der Waals surface area contributed by atoms with Gasteiger partial charge in [0.15, 0.2) is 6.29 Å². The molecule has 1 amide bonds. The zero-order valence-corrected chi connectivity index (χ0v) is 44.7. The van der Waals surface area contributed by atoms with Crippen molar-refractivity contribution >= 4 is 5.91 Å². The van der Waals surface area contributed by atoms with Crippen LogP contribution in [0, 0.1) is 0 Å². The van der Waals surface area contributed by atoms with E-state index in [4.69, 9.17) is 9.47 Å². The van der Waals surface area contributed by atoms with Gasteiger partial charge in [0, 0.05) is 0 Å². The van der Waals surface area contributed by atoms with Crippen LogP contribution in [0.5, 0.6) is 0 Å². The summed E-state index contributed by atoms with van der Waals surface area (Å²) in [4.78, 5) is 13.2. The summed E-state index contributed by atoms with van der Waals surface area (Å²) in [5.74, 6) is -0.721. The van der Waals surface area contributed by atoms with E-state index in [1.165, 1.54) is 148 Å². The minimum absolute atomic E-state index is 0.234. The largest absolute Gasteiger partial charge is 0.394 e. The quantitative estimate of drug-likeness (QED) is 0.0215. The molecule has 9 atom stereocenters. The molecule has 0 spiro atoms. The maximum Gasteiger partial charge on any atom is 0.249 e. The summed E-state index contributed by atoms with van der Waals surface area (Å²) in [6.07, 6.45) is 48.8. The molecule has 0 aromatic heterocycles. The molecule has 8 N–H and O–H groups in total. The molecule has 1 heterocycles. The van der Waals surface area contributed by atoms with Crippen molar-refractivity contribution in [2.45, 2.75) is 306 Å². The lowest BCUT2D eigenvalue weighted by molar-refractivity contribution is -0.303. The molecule has 0 bridgehead atoms. The van der Waals surface area contributed by atoms with E-state index in [1.807, 2.05) is 0 Å². The molecule has 0 aromatic rings. The monoisotopic (exact) mass is 992 g/mol. The number of aliphatic hydroxyl groups is 7. The van der Waals surface area contributed by atoms with Crippen LogP contribution in [0.15, 0.2) is 48.6 Å². The summed E-state index contributed by atoms with van der Waals surface area (Å²) in [7, 11) is 0. The fourth-order valence-corrected chi connectivity index (χ4v) is 9.06. The maximum absolute atomic E-state index is 13.2. The lowest BCUT2D eigenvalue weighted by Crippen LogP contribution is -2.60. The van der Waals surface area contributed by atoms with Crippen molar-refractivity contribution in [3.05, 3.63) is 48.6 Å². The Kier molecular flexibility index (Phi) is 45.3. The van der Waals surface area contributed by atoms with Crippen LogP contribution in [0.2, 0.25) is 0 Å². The number of aliphatic hydroxyl groups excluding tert-OH is 7. The SMILES string of the molecule is CCCCCCCCCCC/C=C\CCCCCCC(O)C(=O)NC(COC1OC(CO)C(O)C(O)C1O)C(O)C(O)CCC/C=C/CC/C=C/CC/C=C/CCCCCCCCCCCCCCC. The van der Waals surface area contributed by atoms with E-state index in [-0.39, 0.29) is 12.8 Å². The topological polar surface area (TPSA) is 189 Å². The van der Waals surface area contributed by atoms with E-state index in [0.717, 1.165) is 57.8 Å². The van der Waals surface area contributed by atoms with Gasteiger partial charge in [0.25, 0.3) is 0 Å². The number of unbranched alkanes of at least 4 members (excludes halogenated alkanes) is 29. The van der Waals surface area contributed by atoms with E-state index in [0.29, 0.717) is 19.3 Å². The van der Waals surface area contributed by atoms with Gasteiger partial charge in [0.2, 0.25) is 5.91 Å².